The van der Waals surface area contributed by atoms with Crippen LogP contribution in [0.15, 0.2) is 42.5 Å². The molecule has 1 atom stereocenters. The van der Waals surface area contributed by atoms with E-state index >= 15 is 0 Å². The molecule has 1 heterocycles. The first-order valence-corrected chi connectivity index (χ1v) is 14.5. The Labute approximate surface area is 252 Å². The summed E-state index contributed by atoms with van der Waals surface area (Å²) in [5.74, 6) is 1.35. The van der Waals surface area contributed by atoms with Gasteiger partial charge in [0.1, 0.15) is 5.75 Å². The van der Waals surface area contributed by atoms with Gasteiger partial charge in [0, 0.05) is 18.8 Å². The zero-order chi connectivity index (χ0) is 26.4. The van der Waals surface area contributed by atoms with Crippen molar-refractivity contribution in [2.24, 2.45) is 17.3 Å². The number of aliphatic carboxylic acids is 1. The number of aryl methyl sites for hydroxylation is 2. The number of carboxylic acids is 1. The van der Waals surface area contributed by atoms with Gasteiger partial charge in [-0.15, -0.1) is 0 Å². The van der Waals surface area contributed by atoms with E-state index in [1.165, 1.54) is 29.7 Å². The van der Waals surface area contributed by atoms with Crippen molar-refractivity contribution in [3.8, 4) is 5.75 Å². The van der Waals surface area contributed by atoms with E-state index in [0.29, 0.717) is 17.3 Å². The molecule has 2 aliphatic rings. The van der Waals surface area contributed by atoms with E-state index < -0.39 is 5.97 Å². The second-order valence-electron chi connectivity index (χ2n) is 12.6. The SMILES string of the molecule is CCc1ccc(CCCC(C)(C)C)c(N2CCC(COc3cccc(C(CC(=O)O)C4CC4)c3)CC2)c1.[NaH]. The molecule has 2 aromatic rings. The molecular weight excluding hydrogens is 481 g/mol. The van der Waals surface area contributed by atoms with Crippen molar-refractivity contribution in [2.75, 3.05) is 24.6 Å². The molecule has 0 bridgehead atoms. The quantitative estimate of drug-likeness (QED) is 0.295. The molecule has 4 rings (SSSR count). The Morgan fingerprint density at radius 3 is 2.45 bits per heavy atom. The Bertz CT molecular complexity index is 1030. The Morgan fingerprint density at radius 2 is 1.82 bits per heavy atom. The average molecular weight is 530 g/mol. The van der Waals surface area contributed by atoms with Gasteiger partial charge in [-0.2, -0.15) is 0 Å². The van der Waals surface area contributed by atoms with Crippen LogP contribution in [-0.4, -0.2) is 60.3 Å². The molecule has 0 spiro atoms. The van der Waals surface area contributed by atoms with E-state index in [2.05, 4.69) is 62.9 Å². The molecule has 1 aliphatic carbocycles. The molecule has 38 heavy (non-hydrogen) atoms. The van der Waals surface area contributed by atoms with E-state index in [0.717, 1.165) is 69.5 Å². The fourth-order valence-corrected chi connectivity index (χ4v) is 5.78. The number of hydrogen-bond donors (Lipinski definition) is 1. The summed E-state index contributed by atoms with van der Waals surface area (Å²) in [5.41, 5.74) is 5.87. The first-order valence-electron chi connectivity index (χ1n) is 14.5. The Balaban J connectivity index is 0.00000400. The third-order valence-electron chi connectivity index (χ3n) is 8.24. The van der Waals surface area contributed by atoms with Crippen LogP contribution >= 0.6 is 0 Å². The molecule has 1 unspecified atom stereocenters. The van der Waals surface area contributed by atoms with Gasteiger partial charge in [0.2, 0.25) is 0 Å². The molecule has 2 aromatic carbocycles. The maximum absolute atomic E-state index is 11.4. The molecular formula is C33H48NNaO3. The van der Waals surface area contributed by atoms with Crippen LogP contribution in [0.5, 0.6) is 5.75 Å². The zero-order valence-corrected chi connectivity index (χ0v) is 23.5. The monoisotopic (exact) mass is 529 g/mol. The summed E-state index contributed by atoms with van der Waals surface area (Å²) >= 11 is 0. The fraction of sp³-hybridized carbons (Fsp3) is 0.606. The van der Waals surface area contributed by atoms with Gasteiger partial charge in [0.05, 0.1) is 13.0 Å². The van der Waals surface area contributed by atoms with Crippen molar-refractivity contribution in [1.29, 1.82) is 0 Å². The third-order valence-corrected chi connectivity index (χ3v) is 8.24. The molecule has 1 saturated carbocycles. The number of piperidine rings is 1. The molecule has 1 N–H and O–H groups in total. The second kappa shape index (κ2) is 14.2. The predicted octanol–water partition coefficient (Wildman–Crippen LogP) is 7.23. The normalized spacial score (nSPS) is 17.1. The van der Waals surface area contributed by atoms with Crippen LogP contribution in [0.3, 0.4) is 0 Å². The Morgan fingerprint density at radius 1 is 1.08 bits per heavy atom. The van der Waals surface area contributed by atoms with Crippen molar-refractivity contribution in [1.82, 2.24) is 0 Å². The number of ether oxygens (including phenoxy) is 1. The molecule has 204 valence electrons. The second-order valence-corrected chi connectivity index (χ2v) is 12.6. The molecule has 0 radical (unpaired) electrons. The summed E-state index contributed by atoms with van der Waals surface area (Å²) in [6.07, 6.45) is 9.49. The first-order chi connectivity index (χ1) is 17.7. The van der Waals surface area contributed by atoms with Crippen molar-refractivity contribution >= 4 is 41.2 Å². The number of carboxylic acid groups (broad SMARTS) is 1. The predicted molar refractivity (Wildman–Crippen MR) is 160 cm³/mol. The van der Waals surface area contributed by atoms with E-state index in [1.807, 2.05) is 12.1 Å². The van der Waals surface area contributed by atoms with Gasteiger partial charge in [0.15, 0.2) is 0 Å². The third kappa shape index (κ3) is 9.31. The molecule has 1 saturated heterocycles. The van der Waals surface area contributed by atoms with Gasteiger partial charge >= 0.3 is 35.5 Å². The van der Waals surface area contributed by atoms with Crippen LogP contribution in [-0.2, 0) is 17.6 Å². The summed E-state index contributed by atoms with van der Waals surface area (Å²) in [5, 5.41) is 9.35. The van der Waals surface area contributed by atoms with Crippen LogP contribution in [0.1, 0.15) is 95.2 Å². The Hall–Kier alpha value is -1.49. The van der Waals surface area contributed by atoms with Gasteiger partial charge in [-0.1, -0.05) is 52.0 Å². The van der Waals surface area contributed by atoms with Gasteiger partial charge < -0.3 is 14.7 Å². The summed E-state index contributed by atoms with van der Waals surface area (Å²) in [6, 6.07) is 15.3. The van der Waals surface area contributed by atoms with Gasteiger partial charge in [0.25, 0.3) is 0 Å². The van der Waals surface area contributed by atoms with Crippen LogP contribution in [0.25, 0.3) is 0 Å². The zero-order valence-electron chi connectivity index (χ0n) is 23.5. The minimum absolute atomic E-state index is 0. The summed E-state index contributed by atoms with van der Waals surface area (Å²) in [4.78, 5) is 14.0. The van der Waals surface area contributed by atoms with Crippen molar-refractivity contribution < 1.29 is 14.6 Å². The molecule has 4 nitrogen and oxygen atoms in total. The molecule has 0 aromatic heterocycles. The van der Waals surface area contributed by atoms with Crippen LogP contribution < -0.4 is 9.64 Å². The Kier molecular flexibility index (Phi) is 11.6. The van der Waals surface area contributed by atoms with Gasteiger partial charge in [-0.25, -0.2) is 0 Å². The van der Waals surface area contributed by atoms with E-state index in [4.69, 9.17) is 4.74 Å². The number of hydrogen-bond acceptors (Lipinski definition) is 3. The fourth-order valence-electron chi connectivity index (χ4n) is 5.78. The van der Waals surface area contributed by atoms with Crippen LogP contribution in [0.4, 0.5) is 5.69 Å². The van der Waals surface area contributed by atoms with E-state index in [-0.39, 0.29) is 41.9 Å². The first kappa shape index (κ1) is 31.0. The number of anilines is 1. The molecule has 5 heteroatoms. The van der Waals surface area contributed by atoms with Crippen molar-refractivity contribution in [3.05, 3.63) is 59.2 Å². The van der Waals surface area contributed by atoms with Crippen molar-refractivity contribution in [2.45, 2.75) is 91.4 Å². The minimum atomic E-state index is -0.711. The summed E-state index contributed by atoms with van der Waals surface area (Å²) in [6.45, 7) is 12.1. The topological polar surface area (TPSA) is 49.8 Å². The summed E-state index contributed by atoms with van der Waals surface area (Å²) < 4.78 is 6.26. The van der Waals surface area contributed by atoms with Gasteiger partial charge in [-0.05, 0) is 109 Å². The number of carbonyl (C=O) groups is 1. The average Bonchev–Trinajstić information content (AvgIpc) is 3.71. The van der Waals surface area contributed by atoms with E-state index in [9.17, 15) is 9.90 Å². The maximum atomic E-state index is 11.4. The van der Waals surface area contributed by atoms with E-state index in [1.54, 1.807) is 0 Å². The number of benzene rings is 2. The van der Waals surface area contributed by atoms with Crippen molar-refractivity contribution in [3.63, 3.8) is 0 Å². The van der Waals surface area contributed by atoms with Gasteiger partial charge in [-0.3, -0.25) is 4.79 Å². The summed E-state index contributed by atoms with van der Waals surface area (Å²) in [7, 11) is 0. The standard InChI is InChI=1S/C33H47NO3.Na.H/c1-5-24-11-12-27(9-7-17-33(2,3)4)31(20-24)34-18-15-25(16-19-34)23-37-29-10-6-8-28(21-29)30(22-32(35)36)26-13-14-26;;/h6,8,10-12,20-21,25-26,30H,5,7,9,13-19,22-23H2,1-4H3,(H,35,36);;. The van der Waals surface area contributed by atoms with Crippen LogP contribution in [0.2, 0.25) is 0 Å². The van der Waals surface area contributed by atoms with Crippen LogP contribution in [0, 0.1) is 17.3 Å². The number of nitrogens with zero attached hydrogens (tertiary/aromatic N) is 1. The molecule has 0 amide bonds. The molecule has 2 fully saturated rings. The molecule has 1 aliphatic heterocycles. The number of rotatable bonds is 12.